The molecule has 3 heteroatoms. The van der Waals surface area contributed by atoms with Gasteiger partial charge in [0.05, 0.1) is 0 Å². The van der Waals surface area contributed by atoms with Crippen LogP contribution in [0.4, 0.5) is 0 Å². The van der Waals surface area contributed by atoms with E-state index in [1.165, 1.54) is 6.08 Å². The molecule has 0 heterocycles. The average Bonchev–Trinajstić information content (AvgIpc) is 1.67. The molecule has 0 spiro atoms. The quantitative estimate of drug-likeness (QED) is 0.452. The van der Waals surface area contributed by atoms with E-state index in [0.717, 1.165) is 14.7 Å². The predicted molar refractivity (Wildman–Crippen MR) is 42.6 cm³/mol. The summed E-state index contributed by atoms with van der Waals surface area (Å²) in [7, 11) is 1.08. The van der Waals surface area contributed by atoms with Crippen LogP contribution in [0.1, 0.15) is 6.92 Å². The van der Waals surface area contributed by atoms with Crippen LogP contribution >= 0.6 is 8.58 Å². The van der Waals surface area contributed by atoms with Crippen molar-refractivity contribution in [1.82, 2.24) is 0 Å². The molecule has 0 aromatic rings. The first kappa shape index (κ1) is 11.4. The summed E-state index contributed by atoms with van der Waals surface area (Å²) in [6, 6.07) is 0. The van der Waals surface area contributed by atoms with Crippen LogP contribution in [0.25, 0.3) is 0 Å². The van der Waals surface area contributed by atoms with Crippen LogP contribution in [-0.4, -0.2) is 24.4 Å². The van der Waals surface area contributed by atoms with E-state index in [0.29, 0.717) is 0 Å². The molecular weight excluding hydrogens is 135 g/mol. The van der Waals surface area contributed by atoms with E-state index in [9.17, 15) is 4.79 Å². The molecule has 0 saturated carbocycles. The zero-order valence-corrected chi connectivity index (χ0v) is 7.01. The van der Waals surface area contributed by atoms with Crippen molar-refractivity contribution in [2.24, 2.45) is 0 Å². The summed E-state index contributed by atoms with van der Waals surface area (Å²) in [5, 5.41) is 7.83. The molecule has 0 aliphatic heterocycles. The van der Waals surface area contributed by atoms with E-state index in [1.807, 2.05) is 0 Å². The molecule has 0 bridgehead atoms. The second kappa shape index (κ2) is 10.6. The predicted octanol–water partition coefficient (Wildman–Crippen LogP) is 1.57. The smallest absolute Gasteiger partial charge is 0.327 e. The van der Waals surface area contributed by atoms with Gasteiger partial charge in [-0.05, 0) is 20.3 Å². The SMILES string of the molecule is CC=CC(=O)O.CPC. The fourth-order valence-corrected chi connectivity index (χ4v) is 0.143. The molecule has 0 fully saturated rings. The molecule has 9 heavy (non-hydrogen) atoms. The molecule has 54 valence electrons. The first-order chi connectivity index (χ1) is 4.18. The Kier molecular flexibility index (Phi) is 13.5. The Morgan fingerprint density at radius 2 is 1.89 bits per heavy atom. The van der Waals surface area contributed by atoms with Crippen LogP contribution < -0.4 is 0 Å². The number of hydrogen-bond acceptors (Lipinski definition) is 1. The summed E-state index contributed by atoms with van der Waals surface area (Å²) in [5.41, 5.74) is 0. The van der Waals surface area contributed by atoms with E-state index in [-0.39, 0.29) is 0 Å². The Hall–Kier alpha value is -0.360. The molecule has 0 rings (SSSR count). The lowest BCUT2D eigenvalue weighted by Gasteiger charge is -1.68. The fraction of sp³-hybridized carbons (Fsp3) is 0.500. The van der Waals surface area contributed by atoms with E-state index in [4.69, 9.17) is 5.11 Å². The lowest BCUT2D eigenvalue weighted by Crippen LogP contribution is -1.83. The Labute approximate surface area is 57.8 Å². The maximum Gasteiger partial charge on any atom is 0.327 e. The number of hydrogen-bond donors (Lipinski definition) is 1. The Balaban J connectivity index is 0. The Morgan fingerprint density at radius 3 is 1.89 bits per heavy atom. The summed E-state index contributed by atoms with van der Waals surface area (Å²) < 4.78 is 0. The van der Waals surface area contributed by atoms with Crippen LogP contribution in [-0.2, 0) is 4.79 Å². The van der Waals surface area contributed by atoms with E-state index in [2.05, 4.69) is 13.3 Å². The number of carboxylic acid groups (broad SMARTS) is 1. The fourth-order valence-electron chi connectivity index (χ4n) is 0.143. The summed E-state index contributed by atoms with van der Waals surface area (Å²) >= 11 is 0. The summed E-state index contributed by atoms with van der Waals surface area (Å²) in [5.74, 6) is -0.891. The van der Waals surface area contributed by atoms with Crippen molar-refractivity contribution in [2.75, 3.05) is 13.3 Å². The van der Waals surface area contributed by atoms with Gasteiger partial charge in [0.2, 0.25) is 0 Å². The number of carbonyl (C=O) groups is 1. The van der Waals surface area contributed by atoms with E-state index >= 15 is 0 Å². The van der Waals surface area contributed by atoms with E-state index in [1.54, 1.807) is 6.92 Å². The number of aliphatic carboxylic acids is 1. The topological polar surface area (TPSA) is 37.3 Å². The van der Waals surface area contributed by atoms with E-state index < -0.39 is 5.97 Å². The van der Waals surface area contributed by atoms with Gasteiger partial charge in [-0.25, -0.2) is 4.79 Å². The second-order valence-electron chi connectivity index (χ2n) is 1.34. The highest BCUT2D eigenvalue weighted by atomic mass is 31.1. The van der Waals surface area contributed by atoms with Crippen molar-refractivity contribution in [3.8, 4) is 0 Å². The molecule has 2 nitrogen and oxygen atoms in total. The van der Waals surface area contributed by atoms with Crippen molar-refractivity contribution < 1.29 is 9.90 Å². The van der Waals surface area contributed by atoms with Crippen LogP contribution in [0, 0.1) is 0 Å². The van der Waals surface area contributed by atoms with Crippen molar-refractivity contribution in [1.29, 1.82) is 0 Å². The van der Waals surface area contributed by atoms with Gasteiger partial charge in [-0.2, -0.15) is 0 Å². The van der Waals surface area contributed by atoms with Gasteiger partial charge in [-0.15, -0.1) is 8.58 Å². The van der Waals surface area contributed by atoms with Gasteiger partial charge in [-0.3, -0.25) is 0 Å². The maximum atomic E-state index is 9.51. The number of rotatable bonds is 1. The number of carboxylic acids is 1. The third kappa shape index (κ3) is 34.9. The highest BCUT2D eigenvalue weighted by Crippen LogP contribution is 1.84. The molecule has 0 aromatic carbocycles. The molecule has 0 radical (unpaired) electrons. The molecule has 0 aliphatic carbocycles. The first-order valence-corrected chi connectivity index (χ1v) is 4.63. The zero-order chi connectivity index (χ0) is 7.70. The van der Waals surface area contributed by atoms with Gasteiger partial charge >= 0.3 is 5.97 Å². The molecule has 1 N–H and O–H groups in total. The molecule has 0 atom stereocenters. The molecule has 0 saturated heterocycles. The summed E-state index contributed by atoms with van der Waals surface area (Å²) in [4.78, 5) is 9.51. The Bertz CT molecular complexity index is 89.1. The second-order valence-corrected chi connectivity index (χ2v) is 2.34. The van der Waals surface area contributed by atoms with Crippen LogP contribution in [0.5, 0.6) is 0 Å². The molecular formula is C6H13O2P. The molecule has 0 unspecified atom stereocenters. The minimum atomic E-state index is -0.891. The lowest BCUT2D eigenvalue weighted by atomic mass is 10.5. The third-order valence-corrected chi connectivity index (χ3v) is 0.309. The summed E-state index contributed by atoms with van der Waals surface area (Å²) in [6.45, 7) is 5.97. The molecule has 0 aromatic heterocycles. The van der Waals surface area contributed by atoms with Crippen LogP contribution in [0.3, 0.4) is 0 Å². The van der Waals surface area contributed by atoms with Crippen molar-refractivity contribution >= 4 is 14.6 Å². The zero-order valence-electron chi connectivity index (χ0n) is 6.01. The normalized spacial score (nSPS) is 8.33. The lowest BCUT2D eigenvalue weighted by molar-refractivity contribution is -0.131. The monoisotopic (exact) mass is 148 g/mol. The standard InChI is InChI=1S/C4H6O2.C2H7P/c1-2-3-4(5)6;1-3-2/h2-3H,1H3,(H,5,6);3H,1-2H3. The minimum Gasteiger partial charge on any atom is -0.478 e. The van der Waals surface area contributed by atoms with Gasteiger partial charge in [0.25, 0.3) is 0 Å². The van der Waals surface area contributed by atoms with Crippen molar-refractivity contribution in [3.05, 3.63) is 12.2 Å². The third-order valence-electron chi connectivity index (χ3n) is 0.309. The maximum absolute atomic E-state index is 9.51. The van der Waals surface area contributed by atoms with Crippen LogP contribution in [0.15, 0.2) is 12.2 Å². The highest BCUT2D eigenvalue weighted by molar-refractivity contribution is 7.35. The highest BCUT2D eigenvalue weighted by Gasteiger charge is 1.76. The van der Waals surface area contributed by atoms with Crippen molar-refractivity contribution in [2.45, 2.75) is 6.92 Å². The van der Waals surface area contributed by atoms with Crippen molar-refractivity contribution in [3.63, 3.8) is 0 Å². The number of allylic oxidation sites excluding steroid dienone is 1. The molecule has 0 aliphatic rings. The van der Waals surface area contributed by atoms with Gasteiger partial charge in [-0.1, -0.05) is 6.08 Å². The van der Waals surface area contributed by atoms with Gasteiger partial charge in [0, 0.05) is 6.08 Å². The minimum absolute atomic E-state index is 0.891. The van der Waals surface area contributed by atoms with Gasteiger partial charge < -0.3 is 5.11 Å². The largest absolute Gasteiger partial charge is 0.478 e. The van der Waals surface area contributed by atoms with Crippen LogP contribution in [0.2, 0.25) is 0 Å². The molecule has 0 amide bonds. The summed E-state index contributed by atoms with van der Waals surface area (Å²) in [6.07, 6.45) is 2.56. The first-order valence-electron chi connectivity index (χ1n) is 2.63. The average molecular weight is 148 g/mol. The Morgan fingerprint density at radius 1 is 1.56 bits per heavy atom. The van der Waals surface area contributed by atoms with Gasteiger partial charge in [0.1, 0.15) is 0 Å². The van der Waals surface area contributed by atoms with Gasteiger partial charge in [0.15, 0.2) is 0 Å².